The third-order valence-corrected chi connectivity index (χ3v) is 15.1. The quantitative estimate of drug-likeness (QED) is 0.162. The van der Waals surface area contributed by atoms with E-state index in [2.05, 4.69) is 55.9 Å². The zero-order chi connectivity index (χ0) is 41.0. The number of fused-ring (bicyclic) bond motifs is 14. The van der Waals surface area contributed by atoms with Crippen LogP contribution in [0.3, 0.4) is 0 Å². The van der Waals surface area contributed by atoms with Gasteiger partial charge in [-0.3, -0.25) is 19.4 Å². The van der Waals surface area contributed by atoms with Crippen LogP contribution in [-0.2, 0) is 39.0 Å². The maximum Gasteiger partial charge on any atom is 0.165 e. The van der Waals surface area contributed by atoms with Crippen molar-refractivity contribution in [3.8, 4) is 0 Å². The number of aryl methyl sites for hydroxylation is 2. The second-order valence-corrected chi connectivity index (χ2v) is 18.2. The minimum absolute atomic E-state index is 0.171. The Morgan fingerprint density at radius 1 is 0.683 bits per heavy atom. The van der Waals surface area contributed by atoms with Gasteiger partial charge in [-0.15, -0.1) is 0 Å². The molecule has 0 amide bonds. The summed E-state index contributed by atoms with van der Waals surface area (Å²) in [6, 6.07) is 8.39. The van der Waals surface area contributed by atoms with Crippen molar-refractivity contribution < 1.29 is 19.8 Å². The predicted molar refractivity (Wildman–Crippen MR) is 233 cm³/mol. The average Bonchev–Trinajstić information content (AvgIpc) is 4.07. The number of pyridine rings is 2. The Hall–Kier alpha value is -4.56. The maximum atomic E-state index is 12.8. The van der Waals surface area contributed by atoms with E-state index in [0.717, 1.165) is 163 Å². The van der Waals surface area contributed by atoms with E-state index >= 15 is 0 Å². The lowest BCUT2D eigenvalue weighted by molar-refractivity contribution is 0.00179. The van der Waals surface area contributed by atoms with Gasteiger partial charge in [0.1, 0.15) is 23.8 Å². The van der Waals surface area contributed by atoms with Crippen molar-refractivity contribution in [3.05, 3.63) is 81.2 Å². The Kier molecular flexibility index (Phi) is 9.47. The second kappa shape index (κ2) is 14.8. The number of benzene rings is 2. The zero-order valence-electron chi connectivity index (χ0n) is 35.2. The molecule has 312 valence electrons. The van der Waals surface area contributed by atoms with Gasteiger partial charge in [0.25, 0.3) is 0 Å². The molecule has 2 aromatic carbocycles. The van der Waals surface area contributed by atoms with Crippen LogP contribution in [-0.4, -0.2) is 113 Å². The van der Waals surface area contributed by atoms with Crippen LogP contribution in [0, 0.1) is 5.92 Å². The molecule has 1 saturated heterocycles. The molecule has 7 heterocycles. The van der Waals surface area contributed by atoms with E-state index in [1.165, 1.54) is 16.5 Å². The van der Waals surface area contributed by atoms with Crippen LogP contribution in [0.4, 0.5) is 0 Å². The van der Waals surface area contributed by atoms with Gasteiger partial charge in [0.2, 0.25) is 0 Å². The number of carbonyl (C=O) groups excluding carboxylic acids is 2. The molecule has 1 fully saturated rings. The van der Waals surface area contributed by atoms with Gasteiger partial charge in [0.15, 0.2) is 11.6 Å². The lowest BCUT2D eigenvalue weighted by Gasteiger charge is -2.26. The molecule has 0 bridgehead atoms. The first kappa shape index (κ1) is 38.4. The van der Waals surface area contributed by atoms with Gasteiger partial charge in [-0.25, -0.2) is 9.97 Å². The first-order valence-electron chi connectivity index (χ1n) is 22.5. The van der Waals surface area contributed by atoms with Crippen LogP contribution in [0.5, 0.6) is 0 Å². The third kappa shape index (κ3) is 5.85. The van der Waals surface area contributed by atoms with E-state index < -0.39 is 12.5 Å². The second-order valence-electron chi connectivity index (χ2n) is 18.2. The Balaban J connectivity index is 0.836. The van der Waals surface area contributed by atoms with Gasteiger partial charge in [-0.05, 0) is 112 Å². The van der Waals surface area contributed by atoms with Gasteiger partial charge in [-0.2, -0.15) is 0 Å². The number of aromatic nitrogens is 4. The average molecular weight is 809 g/mol. The molecule has 3 aliphatic heterocycles. The van der Waals surface area contributed by atoms with Crippen molar-refractivity contribution in [2.45, 2.75) is 97.4 Å². The van der Waals surface area contributed by atoms with Crippen molar-refractivity contribution in [2.75, 3.05) is 52.9 Å². The van der Waals surface area contributed by atoms with Crippen LogP contribution in [0.1, 0.15) is 113 Å². The molecule has 6 aromatic rings. The fraction of sp³-hybridized carbons (Fsp3) is 0.500. The number of Topliss-reactive ketones (excluding diaryl/α,β-unsaturated/α-hetero) is 2. The minimum Gasteiger partial charge on any atom is -0.374 e. The summed E-state index contributed by atoms with van der Waals surface area (Å²) in [6.07, 6.45) is 8.22. The molecule has 60 heavy (non-hydrogen) atoms. The van der Waals surface area contributed by atoms with Crippen LogP contribution in [0.15, 0.2) is 36.7 Å². The Labute approximate surface area is 350 Å². The highest BCUT2D eigenvalue weighted by Crippen LogP contribution is 2.45. The third-order valence-electron chi connectivity index (χ3n) is 15.1. The Bertz CT molecular complexity index is 2670. The monoisotopic (exact) mass is 808 g/mol. The van der Waals surface area contributed by atoms with E-state index in [9.17, 15) is 19.8 Å². The Morgan fingerprint density at radius 2 is 1.35 bits per heavy atom. The molecule has 12 nitrogen and oxygen atoms in total. The topological polar surface area (TPSA) is 123 Å². The predicted octanol–water partition coefficient (Wildman–Crippen LogP) is 6.34. The van der Waals surface area contributed by atoms with Crippen molar-refractivity contribution >= 4 is 55.4 Å². The van der Waals surface area contributed by atoms with Crippen LogP contribution >= 0.6 is 0 Å². The molecular formula is C48H56N8O4. The maximum absolute atomic E-state index is 12.8. The van der Waals surface area contributed by atoms with E-state index in [0.29, 0.717) is 31.8 Å². The molecule has 3 unspecified atom stereocenters. The summed E-state index contributed by atoms with van der Waals surface area (Å²) >= 11 is 0. The first-order chi connectivity index (χ1) is 29.2. The summed E-state index contributed by atoms with van der Waals surface area (Å²) in [5.74, 6) is 0.843. The first-order valence-corrected chi connectivity index (χ1v) is 22.5. The fourth-order valence-corrected chi connectivity index (χ4v) is 11.8. The molecule has 2 aliphatic carbocycles. The van der Waals surface area contributed by atoms with E-state index in [1.54, 1.807) is 6.20 Å². The number of carbonyl (C=O) groups is 2. The van der Waals surface area contributed by atoms with Gasteiger partial charge >= 0.3 is 0 Å². The largest absolute Gasteiger partial charge is 0.374 e. The molecule has 0 spiro atoms. The number of rotatable bonds is 10. The van der Waals surface area contributed by atoms with Crippen molar-refractivity contribution in [1.82, 2.24) is 38.7 Å². The number of aliphatic hydroxyl groups excluding tert-OH is 2. The normalized spacial score (nSPS) is 22.3. The lowest BCUT2D eigenvalue weighted by atomic mass is 9.99. The van der Waals surface area contributed by atoms with E-state index in [1.807, 2.05) is 24.2 Å². The van der Waals surface area contributed by atoms with Crippen LogP contribution in [0.2, 0.25) is 0 Å². The molecule has 12 heteroatoms. The molecule has 0 saturated carbocycles. The van der Waals surface area contributed by atoms with Gasteiger partial charge in [0, 0.05) is 115 Å². The zero-order valence-corrected chi connectivity index (χ0v) is 35.2. The summed E-state index contributed by atoms with van der Waals surface area (Å²) in [5, 5.41) is 27.6. The fourth-order valence-electron chi connectivity index (χ4n) is 11.8. The highest BCUT2D eigenvalue weighted by molar-refractivity contribution is 6.18. The van der Waals surface area contributed by atoms with Crippen LogP contribution < -0.4 is 0 Å². The standard InChI is InChI=1S/C48H56N8O4/c1-4-52(5-2)19-21-55-38-13-9-32-35(26-51(3)47(32)59)42(38)44-36-27-54(48(60)34(36)24-50-46(44)55)25-28-7-6-17-53(18-16-28)20-22-56-37-12-8-29-30(10-14-39(29)57)41(37)43-31-11-15-40(58)33(31)23-49-45(43)56/h8-9,12-13,23-24,28,47-48,59-60H,4-7,10-11,14-22,25-27H2,1-3H3. The number of nitrogens with zero attached hydrogens (tertiary/aromatic N) is 8. The minimum atomic E-state index is -0.702. The number of likely N-dealkylation sites (tertiary alicyclic amines) is 1. The lowest BCUT2D eigenvalue weighted by Crippen LogP contribution is -2.30. The highest BCUT2D eigenvalue weighted by Gasteiger charge is 2.37. The van der Waals surface area contributed by atoms with Gasteiger partial charge in [-0.1, -0.05) is 19.9 Å². The summed E-state index contributed by atoms with van der Waals surface area (Å²) in [6.45, 7) is 14.1. The summed E-state index contributed by atoms with van der Waals surface area (Å²) in [5.41, 5.74) is 12.3. The molecular weight excluding hydrogens is 753 g/mol. The summed E-state index contributed by atoms with van der Waals surface area (Å²) in [7, 11) is 1.98. The number of hydrogen-bond donors (Lipinski definition) is 2. The molecule has 3 atom stereocenters. The number of likely N-dealkylation sites (N-methyl/N-ethyl adjacent to an activating group) is 1. The molecule has 5 aliphatic rings. The number of aliphatic hydroxyl groups is 2. The van der Waals surface area contributed by atoms with Crippen molar-refractivity contribution in [3.63, 3.8) is 0 Å². The van der Waals surface area contributed by atoms with E-state index in [4.69, 9.17) is 9.97 Å². The Morgan fingerprint density at radius 3 is 2.13 bits per heavy atom. The molecule has 2 N–H and O–H groups in total. The summed E-state index contributed by atoms with van der Waals surface area (Å²) < 4.78 is 4.72. The molecule has 0 radical (unpaired) electrons. The number of hydrogen-bond acceptors (Lipinski definition) is 10. The smallest absolute Gasteiger partial charge is 0.165 e. The SMILES string of the molecule is CCN(CC)CCn1c2ccc3c(c2c2c4c(cnc21)C(O)N(CC1CCCN(CCn2c5ccc6c(c5c5c7c(cnc52)C(=O)CC7)CCC6=O)CC1)C4)CN(C)C3O. The van der Waals surface area contributed by atoms with Crippen LogP contribution in [0.25, 0.3) is 43.9 Å². The number of ketones is 2. The van der Waals surface area contributed by atoms with Crippen molar-refractivity contribution in [1.29, 1.82) is 0 Å². The highest BCUT2D eigenvalue weighted by atomic mass is 16.3. The van der Waals surface area contributed by atoms with Gasteiger partial charge in [0.05, 0.1) is 11.0 Å². The van der Waals surface area contributed by atoms with Crippen molar-refractivity contribution in [2.24, 2.45) is 5.92 Å². The van der Waals surface area contributed by atoms with Gasteiger partial charge < -0.3 is 29.1 Å². The van der Waals surface area contributed by atoms with E-state index in [-0.39, 0.29) is 11.6 Å². The molecule has 4 aromatic heterocycles. The molecule has 11 rings (SSSR count). The summed E-state index contributed by atoms with van der Waals surface area (Å²) in [4.78, 5) is 44.9.